The van der Waals surface area contributed by atoms with Gasteiger partial charge >= 0.3 is 0 Å². The lowest BCUT2D eigenvalue weighted by Crippen LogP contribution is -2.42. The van der Waals surface area contributed by atoms with Crippen LogP contribution in [-0.2, 0) is 24.2 Å². The standard InChI is InChI=1S/C17H21N3O2/c1-2-13-4-3-5-15(10-13)22-12-17(21)19-14-6-7-16-18-8-9-20(16)11-14/h3-5,8-10,14H,2,6-7,11-12H2,1H3,(H,19,21)/t14-/m1/s1. The van der Waals surface area contributed by atoms with Crippen molar-refractivity contribution in [1.82, 2.24) is 14.9 Å². The normalized spacial score (nSPS) is 16.9. The highest BCUT2D eigenvalue weighted by Gasteiger charge is 2.20. The van der Waals surface area contributed by atoms with Crippen molar-refractivity contribution in [3.05, 3.63) is 48.0 Å². The summed E-state index contributed by atoms with van der Waals surface area (Å²) in [6.07, 6.45) is 6.55. The molecule has 3 rings (SSSR count). The van der Waals surface area contributed by atoms with Crippen molar-refractivity contribution in [2.45, 2.75) is 38.8 Å². The van der Waals surface area contributed by atoms with Crippen LogP contribution in [0, 0.1) is 0 Å². The smallest absolute Gasteiger partial charge is 0.258 e. The third-order valence-corrected chi connectivity index (χ3v) is 3.98. The Morgan fingerprint density at radius 1 is 1.50 bits per heavy atom. The molecule has 5 nitrogen and oxygen atoms in total. The van der Waals surface area contributed by atoms with E-state index in [-0.39, 0.29) is 18.6 Å². The minimum Gasteiger partial charge on any atom is -0.484 e. The summed E-state index contributed by atoms with van der Waals surface area (Å²) in [4.78, 5) is 16.3. The first-order valence-corrected chi connectivity index (χ1v) is 7.75. The first-order valence-electron chi connectivity index (χ1n) is 7.75. The van der Waals surface area contributed by atoms with Gasteiger partial charge in [-0.15, -0.1) is 0 Å². The number of fused-ring (bicyclic) bond motifs is 1. The quantitative estimate of drug-likeness (QED) is 0.918. The van der Waals surface area contributed by atoms with E-state index in [0.717, 1.165) is 37.4 Å². The average Bonchev–Trinajstić information content (AvgIpc) is 3.01. The third-order valence-electron chi connectivity index (χ3n) is 3.98. The summed E-state index contributed by atoms with van der Waals surface area (Å²) in [5, 5.41) is 3.04. The molecular formula is C17H21N3O2. The minimum atomic E-state index is -0.0736. The minimum absolute atomic E-state index is 0.0560. The van der Waals surface area contributed by atoms with Gasteiger partial charge in [-0.2, -0.15) is 0 Å². The maximum atomic E-state index is 12.0. The van der Waals surface area contributed by atoms with Gasteiger partial charge in [0.2, 0.25) is 0 Å². The van der Waals surface area contributed by atoms with Crippen LogP contribution in [-0.4, -0.2) is 28.1 Å². The average molecular weight is 299 g/mol. The summed E-state index contributed by atoms with van der Waals surface area (Å²) in [6.45, 7) is 2.94. The van der Waals surface area contributed by atoms with Crippen molar-refractivity contribution in [2.75, 3.05) is 6.61 Å². The Morgan fingerprint density at radius 3 is 3.27 bits per heavy atom. The van der Waals surface area contributed by atoms with Crippen LogP contribution >= 0.6 is 0 Å². The molecule has 1 atom stereocenters. The van der Waals surface area contributed by atoms with Gasteiger partial charge in [-0.05, 0) is 30.5 Å². The number of benzene rings is 1. The number of nitrogens with one attached hydrogen (secondary N) is 1. The van der Waals surface area contributed by atoms with Crippen LogP contribution in [0.4, 0.5) is 0 Å². The van der Waals surface area contributed by atoms with Crippen molar-refractivity contribution >= 4 is 5.91 Å². The van der Waals surface area contributed by atoms with E-state index in [0.29, 0.717) is 0 Å². The highest BCUT2D eigenvalue weighted by Crippen LogP contribution is 2.14. The van der Waals surface area contributed by atoms with Gasteiger partial charge in [0.1, 0.15) is 11.6 Å². The van der Waals surface area contributed by atoms with Gasteiger partial charge in [0.05, 0.1) is 0 Å². The van der Waals surface area contributed by atoms with Crippen molar-refractivity contribution in [2.24, 2.45) is 0 Å². The predicted octanol–water partition coefficient (Wildman–Crippen LogP) is 1.96. The van der Waals surface area contributed by atoms with Crippen LogP contribution < -0.4 is 10.1 Å². The molecule has 0 unspecified atom stereocenters. The Hall–Kier alpha value is -2.30. The van der Waals surface area contributed by atoms with Gasteiger partial charge in [0.15, 0.2) is 6.61 Å². The lowest BCUT2D eigenvalue weighted by Gasteiger charge is -2.24. The van der Waals surface area contributed by atoms with E-state index in [9.17, 15) is 4.79 Å². The van der Waals surface area contributed by atoms with Crippen molar-refractivity contribution in [3.63, 3.8) is 0 Å². The maximum absolute atomic E-state index is 12.0. The molecule has 0 bridgehead atoms. The van der Waals surface area contributed by atoms with Gasteiger partial charge in [-0.25, -0.2) is 4.98 Å². The van der Waals surface area contributed by atoms with Crippen molar-refractivity contribution in [3.8, 4) is 5.75 Å². The molecule has 1 aliphatic heterocycles. The fraction of sp³-hybridized carbons (Fsp3) is 0.412. The van der Waals surface area contributed by atoms with Gasteiger partial charge in [-0.1, -0.05) is 19.1 Å². The number of aromatic nitrogens is 2. The Labute approximate surface area is 130 Å². The number of ether oxygens (including phenoxy) is 1. The van der Waals surface area contributed by atoms with Crippen LogP contribution in [0.15, 0.2) is 36.7 Å². The highest BCUT2D eigenvalue weighted by atomic mass is 16.5. The number of rotatable bonds is 5. The van der Waals surface area contributed by atoms with E-state index in [1.807, 2.05) is 30.6 Å². The molecular weight excluding hydrogens is 278 g/mol. The zero-order valence-electron chi connectivity index (χ0n) is 12.8. The van der Waals surface area contributed by atoms with Crippen LogP contribution in [0.3, 0.4) is 0 Å². The zero-order valence-corrected chi connectivity index (χ0v) is 12.8. The number of aryl methyl sites for hydroxylation is 2. The van der Waals surface area contributed by atoms with E-state index in [2.05, 4.69) is 27.9 Å². The summed E-state index contributed by atoms with van der Waals surface area (Å²) in [7, 11) is 0. The lowest BCUT2D eigenvalue weighted by molar-refractivity contribution is -0.124. The summed E-state index contributed by atoms with van der Waals surface area (Å²) < 4.78 is 7.67. The van der Waals surface area contributed by atoms with Crippen LogP contribution in [0.25, 0.3) is 0 Å². The molecule has 1 aliphatic rings. The Kier molecular flexibility index (Phi) is 4.42. The molecule has 1 aromatic carbocycles. The second-order valence-electron chi connectivity index (χ2n) is 5.59. The molecule has 1 amide bonds. The topological polar surface area (TPSA) is 56.1 Å². The molecule has 116 valence electrons. The molecule has 2 aromatic rings. The van der Waals surface area contributed by atoms with E-state index in [1.165, 1.54) is 5.56 Å². The first-order chi connectivity index (χ1) is 10.7. The number of carbonyl (C=O) groups excluding carboxylic acids is 1. The number of nitrogens with zero attached hydrogens (tertiary/aromatic N) is 2. The van der Waals surface area contributed by atoms with Crippen LogP contribution in [0.1, 0.15) is 24.7 Å². The molecule has 0 aliphatic carbocycles. The largest absolute Gasteiger partial charge is 0.484 e. The summed E-state index contributed by atoms with van der Waals surface area (Å²) in [6, 6.07) is 8.02. The van der Waals surface area contributed by atoms with E-state index < -0.39 is 0 Å². The van der Waals surface area contributed by atoms with Crippen molar-refractivity contribution < 1.29 is 9.53 Å². The van der Waals surface area contributed by atoms with Gasteiger partial charge in [0.25, 0.3) is 5.91 Å². The molecule has 0 saturated carbocycles. The van der Waals surface area contributed by atoms with E-state index in [1.54, 1.807) is 0 Å². The monoisotopic (exact) mass is 299 g/mol. The molecule has 0 spiro atoms. The van der Waals surface area contributed by atoms with Gasteiger partial charge < -0.3 is 14.6 Å². The third kappa shape index (κ3) is 3.47. The second kappa shape index (κ2) is 6.64. The first kappa shape index (κ1) is 14.6. The van der Waals surface area contributed by atoms with Crippen LogP contribution in [0.2, 0.25) is 0 Å². The molecule has 2 heterocycles. The number of carbonyl (C=O) groups is 1. The summed E-state index contributed by atoms with van der Waals surface area (Å²) in [5.41, 5.74) is 1.21. The molecule has 0 radical (unpaired) electrons. The SMILES string of the molecule is CCc1cccc(OCC(=O)N[C@@H]2CCc3nccn3C2)c1. The second-order valence-corrected chi connectivity index (χ2v) is 5.59. The van der Waals surface area contributed by atoms with Gasteiger partial charge in [0, 0.05) is 31.4 Å². The molecule has 1 aromatic heterocycles. The fourth-order valence-corrected chi connectivity index (χ4v) is 2.76. The Bertz CT molecular complexity index is 651. The Balaban J connectivity index is 1.49. The number of amides is 1. The molecule has 0 saturated heterocycles. The fourth-order valence-electron chi connectivity index (χ4n) is 2.76. The van der Waals surface area contributed by atoms with E-state index >= 15 is 0 Å². The van der Waals surface area contributed by atoms with E-state index in [4.69, 9.17) is 4.74 Å². The number of hydrogen-bond donors (Lipinski definition) is 1. The summed E-state index contributed by atoms with van der Waals surface area (Å²) in [5.74, 6) is 1.77. The predicted molar refractivity (Wildman–Crippen MR) is 83.8 cm³/mol. The number of imidazole rings is 1. The highest BCUT2D eigenvalue weighted by molar-refractivity contribution is 5.77. The van der Waals surface area contributed by atoms with Crippen LogP contribution in [0.5, 0.6) is 5.75 Å². The Morgan fingerprint density at radius 2 is 2.41 bits per heavy atom. The molecule has 1 N–H and O–H groups in total. The molecule has 5 heteroatoms. The van der Waals surface area contributed by atoms with Gasteiger partial charge in [-0.3, -0.25) is 4.79 Å². The molecule has 22 heavy (non-hydrogen) atoms. The van der Waals surface area contributed by atoms with Crippen molar-refractivity contribution in [1.29, 1.82) is 0 Å². The lowest BCUT2D eigenvalue weighted by atomic mass is 10.1. The zero-order chi connectivity index (χ0) is 15.4. The number of hydrogen-bond acceptors (Lipinski definition) is 3. The maximum Gasteiger partial charge on any atom is 0.258 e. The summed E-state index contributed by atoms with van der Waals surface area (Å²) >= 11 is 0. The molecule has 0 fully saturated rings.